The zero-order chi connectivity index (χ0) is 20.8. The van der Waals surface area contributed by atoms with Crippen molar-refractivity contribution >= 4 is 11.8 Å². The maximum absolute atomic E-state index is 12.8. The SMILES string of the molecule is COC1C=C(C2CN(C)C(=O)c3[nH]ccc32)C2=C(C1)NC(=O)C(c1ccccc1)O2. The number of hydrogen-bond acceptors (Lipinski definition) is 4. The minimum absolute atomic E-state index is 0.0276. The third-order valence-corrected chi connectivity index (χ3v) is 6.01. The first-order chi connectivity index (χ1) is 14.6. The lowest BCUT2D eigenvalue weighted by molar-refractivity contribution is -0.132. The molecule has 1 aromatic heterocycles. The Morgan fingerprint density at radius 2 is 1.97 bits per heavy atom. The molecule has 3 atom stereocenters. The van der Waals surface area contributed by atoms with Gasteiger partial charge in [-0.05, 0) is 17.7 Å². The smallest absolute Gasteiger partial charge is 0.270 e. The number of benzene rings is 1. The summed E-state index contributed by atoms with van der Waals surface area (Å²) in [6, 6.07) is 11.4. The van der Waals surface area contributed by atoms with Crippen molar-refractivity contribution in [2.45, 2.75) is 24.5 Å². The Morgan fingerprint density at radius 3 is 2.73 bits per heavy atom. The van der Waals surface area contributed by atoms with Crippen molar-refractivity contribution in [1.82, 2.24) is 15.2 Å². The Kier molecular flexibility index (Phi) is 4.47. The zero-order valence-electron chi connectivity index (χ0n) is 16.8. The second kappa shape index (κ2) is 7.18. The van der Waals surface area contributed by atoms with Gasteiger partial charge in [-0.1, -0.05) is 30.3 Å². The summed E-state index contributed by atoms with van der Waals surface area (Å²) in [6.45, 7) is 0.524. The summed E-state index contributed by atoms with van der Waals surface area (Å²) < 4.78 is 12.0. The van der Waals surface area contributed by atoms with Gasteiger partial charge in [-0.3, -0.25) is 9.59 Å². The van der Waals surface area contributed by atoms with Gasteiger partial charge in [0.1, 0.15) is 11.5 Å². The Morgan fingerprint density at radius 1 is 1.17 bits per heavy atom. The second-order valence-electron chi connectivity index (χ2n) is 7.85. The van der Waals surface area contributed by atoms with E-state index in [0.717, 1.165) is 22.4 Å². The monoisotopic (exact) mass is 405 g/mol. The average Bonchev–Trinajstić information content (AvgIpc) is 3.26. The molecule has 2 N–H and O–H groups in total. The van der Waals surface area contributed by atoms with Crippen molar-refractivity contribution in [3.63, 3.8) is 0 Å². The fraction of sp³-hybridized carbons (Fsp3) is 0.304. The Labute approximate surface area is 174 Å². The number of hydrogen-bond donors (Lipinski definition) is 2. The number of nitrogens with one attached hydrogen (secondary N) is 2. The van der Waals surface area contributed by atoms with Crippen LogP contribution in [0.3, 0.4) is 0 Å². The molecular formula is C23H23N3O4. The number of rotatable bonds is 3. The number of H-pyrrole nitrogens is 1. The van der Waals surface area contributed by atoms with Crippen molar-refractivity contribution < 1.29 is 19.1 Å². The molecule has 0 spiro atoms. The Bertz CT molecular complexity index is 1070. The van der Waals surface area contributed by atoms with Gasteiger partial charge in [0.05, 0.1) is 11.8 Å². The lowest BCUT2D eigenvalue weighted by atomic mass is 9.82. The second-order valence-corrected chi connectivity index (χ2v) is 7.85. The van der Waals surface area contributed by atoms with Crippen LogP contribution < -0.4 is 5.32 Å². The van der Waals surface area contributed by atoms with Gasteiger partial charge in [0, 0.05) is 50.4 Å². The molecule has 154 valence electrons. The molecule has 0 bridgehead atoms. The highest BCUT2D eigenvalue weighted by Crippen LogP contribution is 2.43. The summed E-state index contributed by atoms with van der Waals surface area (Å²) in [7, 11) is 3.45. The van der Waals surface area contributed by atoms with E-state index in [-0.39, 0.29) is 23.8 Å². The van der Waals surface area contributed by atoms with Gasteiger partial charge < -0.3 is 24.7 Å². The topological polar surface area (TPSA) is 83.7 Å². The average molecular weight is 405 g/mol. The van der Waals surface area contributed by atoms with Crippen LogP contribution in [0.1, 0.15) is 40.1 Å². The number of aromatic amines is 1. The van der Waals surface area contributed by atoms with Crippen LogP contribution in [0.2, 0.25) is 0 Å². The standard InChI is InChI=1S/C23H23N3O4/c1-26-12-17(15-8-9-24-19(15)23(26)28)16-10-14(29-2)11-18-21(16)30-20(22(27)25-18)13-6-4-3-5-7-13/h3-10,14,17,20,24H,11-12H2,1-2H3,(H,25,27). The fourth-order valence-electron chi connectivity index (χ4n) is 4.48. The van der Waals surface area contributed by atoms with E-state index in [4.69, 9.17) is 9.47 Å². The predicted molar refractivity (Wildman–Crippen MR) is 109 cm³/mol. The molecule has 2 aromatic rings. The maximum atomic E-state index is 12.8. The quantitative estimate of drug-likeness (QED) is 0.822. The number of carbonyl (C=O) groups is 2. The lowest BCUT2D eigenvalue weighted by Gasteiger charge is -2.38. The summed E-state index contributed by atoms with van der Waals surface area (Å²) in [5, 5.41) is 3.04. The van der Waals surface area contributed by atoms with Gasteiger partial charge in [-0.2, -0.15) is 0 Å². The maximum Gasteiger partial charge on any atom is 0.270 e. The number of nitrogens with zero attached hydrogens (tertiary/aromatic N) is 1. The number of allylic oxidation sites excluding steroid dienone is 1. The third kappa shape index (κ3) is 2.93. The highest BCUT2D eigenvalue weighted by Gasteiger charge is 2.41. The van der Waals surface area contributed by atoms with E-state index in [1.54, 1.807) is 25.3 Å². The first-order valence-electron chi connectivity index (χ1n) is 10.00. The minimum atomic E-state index is -0.721. The van der Waals surface area contributed by atoms with Crippen molar-refractivity contribution in [2.24, 2.45) is 0 Å². The van der Waals surface area contributed by atoms with E-state index >= 15 is 0 Å². The molecule has 7 heteroatoms. The molecule has 3 unspecified atom stereocenters. The molecule has 0 radical (unpaired) electrons. The van der Waals surface area contributed by atoms with Gasteiger partial charge in [0.2, 0.25) is 6.10 Å². The number of amides is 2. The van der Waals surface area contributed by atoms with Crippen LogP contribution in [-0.2, 0) is 14.3 Å². The van der Waals surface area contributed by atoms with Crippen molar-refractivity contribution in [2.75, 3.05) is 20.7 Å². The summed E-state index contributed by atoms with van der Waals surface area (Å²) in [5.41, 5.74) is 3.99. The van der Waals surface area contributed by atoms with Gasteiger partial charge >= 0.3 is 0 Å². The van der Waals surface area contributed by atoms with Gasteiger partial charge in [0.25, 0.3) is 11.8 Å². The highest BCUT2D eigenvalue weighted by molar-refractivity contribution is 5.95. The van der Waals surface area contributed by atoms with Gasteiger partial charge in [0.15, 0.2) is 0 Å². The van der Waals surface area contributed by atoms with Crippen LogP contribution in [-0.4, -0.2) is 48.5 Å². The van der Waals surface area contributed by atoms with Crippen molar-refractivity contribution in [3.05, 3.63) is 82.5 Å². The van der Waals surface area contributed by atoms with Gasteiger partial charge in [-0.25, -0.2) is 0 Å². The van der Waals surface area contributed by atoms with E-state index in [0.29, 0.717) is 24.4 Å². The van der Waals surface area contributed by atoms with Crippen molar-refractivity contribution in [3.8, 4) is 0 Å². The normalized spacial score (nSPS) is 25.9. The van der Waals surface area contributed by atoms with Crippen LogP contribution in [0.5, 0.6) is 0 Å². The van der Waals surface area contributed by atoms with Gasteiger partial charge in [-0.15, -0.1) is 0 Å². The molecule has 3 aliphatic rings. The first kappa shape index (κ1) is 18.7. The number of fused-ring (bicyclic) bond motifs is 1. The number of methoxy groups -OCH3 is 1. The third-order valence-electron chi connectivity index (χ3n) is 6.01. The molecule has 0 saturated heterocycles. The van der Waals surface area contributed by atoms with Crippen LogP contribution in [0.25, 0.3) is 0 Å². The Balaban J connectivity index is 1.57. The first-order valence-corrected chi connectivity index (χ1v) is 10.00. The summed E-state index contributed by atoms with van der Waals surface area (Å²) in [5.74, 6) is 0.384. The van der Waals surface area contributed by atoms with E-state index in [1.807, 2.05) is 36.4 Å². The fourth-order valence-corrected chi connectivity index (χ4v) is 4.48. The molecule has 1 aromatic carbocycles. The van der Waals surface area contributed by atoms with Crippen molar-refractivity contribution in [1.29, 1.82) is 0 Å². The van der Waals surface area contributed by atoms with E-state index < -0.39 is 6.10 Å². The molecular weight excluding hydrogens is 382 g/mol. The molecule has 5 rings (SSSR count). The van der Waals surface area contributed by atoms with Crippen LogP contribution >= 0.6 is 0 Å². The Hall–Kier alpha value is -3.32. The highest BCUT2D eigenvalue weighted by atomic mass is 16.5. The van der Waals surface area contributed by atoms with Crippen LogP contribution in [0.15, 0.2) is 65.7 Å². The largest absolute Gasteiger partial charge is 0.474 e. The molecule has 0 fully saturated rings. The molecule has 2 aliphatic heterocycles. The van der Waals surface area contributed by atoms with E-state index in [2.05, 4.69) is 16.4 Å². The summed E-state index contributed by atoms with van der Waals surface area (Å²) in [4.78, 5) is 30.1. The van der Waals surface area contributed by atoms with E-state index in [1.165, 1.54) is 0 Å². The summed E-state index contributed by atoms with van der Waals surface area (Å²) >= 11 is 0. The molecule has 30 heavy (non-hydrogen) atoms. The molecule has 3 heterocycles. The van der Waals surface area contributed by atoms with E-state index in [9.17, 15) is 9.59 Å². The molecule has 2 amide bonds. The molecule has 1 aliphatic carbocycles. The van der Waals surface area contributed by atoms with Crippen LogP contribution in [0, 0.1) is 0 Å². The predicted octanol–water partition coefficient (Wildman–Crippen LogP) is 2.63. The lowest BCUT2D eigenvalue weighted by Crippen LogP contribution is -2.42. The molecule has 0 saturated carbocycles. The number of aromatic nitrogens is 1. The summed E-state index contributed by atoms with van der Waals surface area (Å²) in [6.07, 6.45) is 3.48. The number of likely N-dealkylation sites (N-methyl/N-ethyl adjacent to an activating group) is 1. The number of carbonyl (C=O) groups excluding carboxylic acids is 2. The van der Waals surface area contributed by atoms with Crippen LogP contribution in [0.4, 0.5) is 0 Å². The molecule has 7 nitrogen and oxygen atoms in total. The zero-order valence-corrected chi connectivity index (χ0v) is 16.8. The minimum Gasteiger partial charge on any atom is -0.474 e. The number of ether oxygens (including phenoxy) is 2.